The normalized spacial score (nSPS) is 9.79. The number of aliphatic carboxylic acids is 1. The summed E-state index contributed by atoms with van der Waals surface area (Å²) in [5, 5.41) is 8.49. The minimum Gasteiger partial charge on any atom is -0.496 e. The van der Waals surface area contributed by atoms with Crippen LogP contribution < -0.4 is 4.74 Å². The maximum atomic E-state index is 10.3. The number of rotatable bonds is 5. The molecule has 0 fully saturated rings. The van der Waals surface area contributed by atoms with E-state index in [-0.39, 0.29) is 6.42 Å². The van der Waals surface area contributed by atoms with Gasteiger partial charge in [0.2, 0.25) is 0 Å². The van der Waals surface area contributed by atoms with Gasteiger partial charge in [-0.3, -0.25) is 4.79 Å². The minimum absolute atomic E-state index is 0.206. The fourth-order valence-electron chi connectivity index (χ4n) is 1.34. The molecule has 0 atom stereocenters. The van der Waals surface area contributed by atoms with Crippen LogP contribution in [0.1, 0.15) is 18.4 Å². The number of hydrogen-bond acceptors (Lipinski definition) is 2. The average molecular weight is 194 g/mol. The molecule has 0 spiro atoms. The van der Waals surface area contributed by atoms with Crippen LogP contribution in [-0.2, 0) is 11.2 Å². The Morgan fingerprint density at radius 3 is 2.79 bits per heavy atom. The second kappa shape index (κ2) is 5.27. The van der Waals surface area contributed by atoms with Gasteiger partial charge < -0.3 is 9.84 Å². The highest BCUT2D eigenvalue weighted by Gasteiger charge is 2.02. The maximum absolute atomic E-state index is 10.3. The molecule has 0 amide bonds. The highest BCUT2D eigenvalue weighted by Crippen LogP contribution is 2.19. The zero-order valence-electron chi connectivity index (χ0n) is 8.19. The lowest BCUT2D eigenvalue weighted by atomic mass is 10.1. The van der Waals surface area contributed by atoms with Crippen molar-refractivity contribution in [2.75, 3.05) is 7.11 Å². The second-order valence-electron chi connectivity index (χ2n) is 3.06. The van der Waals surface area contributed by atoms with E-state index in [9.17, 15) is 4.79 Å². The Morgan fingerprint density at radius 1 is 1.43 bits per heavy atom. The van der Waals surface area contributed by atoms with Gasteiger partial charge in [0.15, 0.2) is 0 Å². The zero-order chi connectivity index (χ0) is 10.4. The molecule has 0 saturated carbocycles. The van der Waals surface area contributed by atoms with Gasteiger partial charge in [0, 0.05) is 6.42 Å². The van der Waals surface area contributed by atoms with Crippen LogP contribution in [0.5, 0.6) is 5.75 Å². The van der Waals surface area contributed by atoms with Crippen molar-refractivity contribution in [3.05, 3.63) is 29.8 Å². The van der Waals surface area contributed by atoms with Gasteiger partial charge in [0.1, 0.15) is 5.75 Å². The molecule has 1 aromatic rings. The third kappa shape index (κ3) is 3.09. The Labute approximate surface area is 83.3 Å². The van der Waals surface area contributed by atoms with Crippen LogP contribution in [0.2, 0.25) is 0 Å². The number of para-hydroxylation sites is 1. The van der Waals surface area contributed by atoms with E-state index in [0.717, 1.165) is 17.7 Å². The first-order chi connectivity index (χ1) is 6.74. The fourth-order valence-corrected chi connectivity index (χ4v) is 1.34. The molecule has 0 saturated heterocycles. The molecule has 0 unspecified atom stereocenters. The number of carboxylic acids is 1. The van der Waals surface area contributed by atoms with Crippen molar-refractivity contribution < 1.29 is 14.6 Å². The number of aryl methyl sites for hydroxylation is 1. The van der Waals surface area contributed by atoms with Crippen LogP contribution in [0, 0.1) is 0 Å². The van der Waals surface area contributed by atoms with E-state index in [1.165, 1.54) is 0 Å². The summed E-state index contributed by atoms with van der Waals surface area (Å²) in [4.78, 5) is 10.3. The molecule has 3 nitrogen and oxygen atoms in total. The topological polar surface area (TPSA) is 46.5 Å². The van der Waals surface area contributed by atoms with Crippen LogP contribution >= 0.6 is 0 Å². The number of hydrogen-bond donors (Lipinski definition) is 1. The summed E-state index contributed by atoms with van der Waals surface area (Å²) < 4.78 is 5.16. The van der Waals surface area contributed by atoms with Gasteiger partial charge in [0.05, 0.1) is 7.11 Å². The number of carbonyl (C=O) groups is 1. The van der Waals surface area contributed by atoms with E-state index in [0.29, 0.717) is 6.42 Å². The van der Waals surface area contributed by atoms with Gasteiger partial charge in [-0.1, -0.05) is 18.2 Å². The van der Waals surface area contributed by atoms with Crippen molar-refractivity contribution in [2.24, 2.45) is 0 Å². The van der Waals surface area contributed by atoms with Crippen LogP contribution in [-0.4, -0.2) is 18.2 Å². The molecule has 0 aliphatic carbocycles. The molecular formula is C11H14O3. The third-order valence-electron chi connectivity index (χ3n) is 2.03. The molecule has 0 aromatic heterocycles. The summed E-state index contributed by atoms with van der Waals surface area (Å²) >= 11 is 0. The van der Waals surface area contributed by atoms with Crippen LogP contribution in [0.25, 0.3) is 0 Å². The smallest absolute Gasteiger partial charge is 0.303 e. The molecule has 1 rings (SSSR count). The second-order valence-corrected chi connectivity index (χ2v) is 3.06. The van der Waals surface area contributed by atoms with Crippen molar-refractivity contribution in [2.45, 2.75) is 19.3 Å². The Hall–Kier alpha value is -1.51. The lowest BCUT2D eigenvalue weighted by Crippen LogP contribution is -1.97. The summed E-state index contributed by atoms with van der Waals surface area (Å²) in [5.74, 6) is 0.0813. The minimum atomic E-state index is -0.750. The maximum Gasteiger partial charge on any atom is 0.303 e. The largest absolute Gasteiger partial charge is 0.496 e. The monoisotopic (exact) mass is 194 g/mol. The van der Waals surface area contributed by atoms with E-state index in [1.54, 1.807) is 7.11 Å². The van der Waals surface area contributed by atoms with Gasteiger partial charge >= 0.3 is 5.97 Å². The molecule has 0 heterocycles. The predicted octanol–water partition coefficient (Wildman–Crippen LogP) is 2.10. The Morgan fingerprint density at radius 2 is 2.14 bits per heavy atom. The Kier molecular flexibility index (Phi) is 3.98. The molecule has 3 heteroatoms. The standard InChI is InChI=1S/C11H14O3/c1-14-10-7-3-2-5-9(10)6-4-8-11(12)13/h2-3,5,7H,4,6,8H2,1H3,(H,12,13). The van der Waals surface area contributed by atoms with Crippen LogP contribution in [0.3, 0.4) is 0 Å². The number of carboxylic acid groups (broad SMARTS) is 1. The summed E-state index contributed by atoms with van der Waals surface area (Å²) in [5.41, 5.74) is 1.07. The SMILES string of the molecule is COc1ccccc1CCCC(=O)O. The van der Waals surface area contributed by atoms with Crippen LogP contribution in [0.15, 0.2) is 24.3 Å². The van der Waals surface area contributed by atoms with Gasteiger partial charge in [-0.2, -0.15) is 0 Å². The van der Waals surface area contributed by atoms with Crippen molar-refractivity contribution in [3.63, 3.8) is 0 Å². The molecule has 0 radical (unpaired) electrons. The first-order valence-electron chi connectivity index (χ1n) is 4.57. The predicted molar refractivity (Wildman–Crippen MR) is 53.6 cm³/mol. The first kappa shape index (κ1) is 10.6. The number of ether oxygens (including phenoxy) is 1. The van der Waals surface area contributed by atoms with E-state index in [1.807, 2.05) is 24.3 Å². The number of benzene rings is 1. The van der Waals surface area contributed by atoms with Gasteiger partial charge in [0.25, 0.3) is 0 Å². The van der Waals surface area contributed by atoms with E-state index in [4.69, 9.17) is 9.84 Å². The fraction of sp³-hybridized carbons (Fsp3) is 0.364. The Balaban J connectivity index is 2.53. The lowest BCUT2D eigenvalue weighted by Gasteiger charge is -2.06. The highest BCUT2D eigenvalue weighted by atomic mass is 16.5. The lowest BCUT2D eigenvalue weighted by molar-refractivity contribution is -0.137. The van der Waals surface area contributed by atoms with E-state index in [2.05, 4.69) is 0 Å². The molecular weight excluding hydrogens is 180 g/mol. The first-order valence-corrected chi connectivity index (χ1v) is 4.57. The molecule has 1 aromatic carbocycles. The average Bonchev–Trinajstić information content (AvgIpc) is 2.18. The highest BCUT2D eigenvalue weighted by molar-refractivity contribution is 5.66. The zero-order valence-corrected chi connectivity index (χ0v) is 8.19. The molecule has 0 aliphatic rings. The van der Waals surface area contributed by atoms with Crippen molar-refractivity contribution in [1.29, 1.82) is 0 Å². The summed E-state index contributed by atoms with van der Waals surface area (Å²) in [6, 6.07) is 7.68. The summed E-state index contributed by atoms with van der Waals surface area (Å²) in [6.07, 6.45) is 1.60. The van der Waals surface area contributed by atoms with Crippen molar-refractivity contribution in [1.82, 2.24) is 0 Å². The molecule has 0 bridgehead atoms. The summed E-state index contributed by atoms with van der Waals surface area (Å²) in [7, 11) is 1.62. The van der Waals surface area contributed by atoms with E-state index >= 15 is 0 Å². The molecule has 76 valence electrons. The van der Waals surface area contributed by atoms with Crippen LogP contribution in [0.4, 0.5) is 0 Å². The van der Waals surface area contributed by atoms with Crippen molar-refractivity contribution in [3.8, 4) is 5.75 Å². The Bertz CT molecular complexity index is 307. The van der Waals surface area contributed by atoms with Gasteiger partial charge in [-0.25, -0.2) is 0 Å². The van der Waals surface area contributed by atoms with Crippen molar-refractivity contribution >= 4 is 5.97 Å². The molecule has 0 aliphatic heterocycles. The molecule has 14 heavy (non-hydrogen) atoms. The summed E-state index contributed by atoms with van der Waals surface area (Å²) in [6.45, 7) is 0. The molecule has 1 N–H and O–H groups in total. The number of methoxy groups -OCH3 is 1. The van der Waals surface area contributed by atoms with Gasteiger partial charge in [-0.15, -0.1) is 0 Å². The third-order valence-corrected chi connectivity index (χ3v) is 2.03. The van der Waals surface area contributed by atoms with Gasteiger partial charge in [-0.05, 0) is 24.5 Å². The quantitative estimate of drug-likeness (QED) is 0.780. The van der Waals surface area contributed by atoms with E-state index < -0.39 is 5.97 Å².